The minimum Gasteiger partial charge on any atom is -0.492 e. The fraction of sp³-hybridized carbons (Fsp3) is 0.438. The summed E-state index contributed by atoms with van der Waals surface area (Å²) in [4.78, 5) is 28.6. The van der Waals surface area contributed by atoms with E-state index in [0.29, 0.717) is 11.3 Å². The average molecular weight is 538 g/mol. The molecule has 0 spiro atoms. The van der Waals surface area contributed by atoms with Gasteiger partial charge >= 0.3 is 19.4 Å². The number of fused-ring (bicyclic) bond motifs is 1. The minimum atomic E-state index is -5.86. The van der Waals surface area contributed by atoms with Gasteiger partial charge in [-0.3, -0.25) is 9.36 Å². The number of thiophene rings is 1. The van der Waals surface area contributed by atoms with Gasteiger partial charge in [-0.1, -0.05) is 0 Å². The number of hydrogen-bond donors (Lipinski definition) is 3. The van der Waals surface area contributed by atoms with E-state index in [-0.39, 0.29) is 45.3 Å². The zero-order chi connectivity index (χ0) is 22.6. The second-order valence-electron chi connectivity index (χ2n) is 6.83. The number of benzene rings is 1. The smallest absolute Gasteiger partial charge is 0.400 e. The fourth-order valence-electron chi connectivity index (χ4n) is 3.00. The highest BCUT2D eigenvalue weighted by Gasteiger charge is 2.55. The highest BCUT2D eigenvalue weighted by atomic mass is 79.9. The summed E-state index contributed by atoms with van der Waals surface area (Å²) >= 11 is 3.22. The van der Waals surface area contributed by atoms with Gasteiger partial charge in [-0.15, -0.1) is 11.3 Å². The first-order chi connectivity index (χ1) is 13.6. The highest BCUT2D eigenvalue weighted by Crippen LogP contribution is 2.63. The minimum absolute atomic E-state index is 0.00835. The van der Waals surface area contributed by atoms with Crippen LogP contribution in [0.2, 0.25) is 0 Å². The fourth-order valence-corrected chi connectivity index (χ4v) is 5.98. The van der Waals surface area contributed by atoms with Crippen molar-refractivity contribution < 1.29 is 45.8 Å². The molecule has 1 amide bonds. The molecule has 1 aliphatic rings. The molecule has 166 valence electrons. The summed E-state index contributed by atoms with van der Waals surface area (Å²) in [6.45, 7) is -0.172. The highest BCUT2D eigenvalue weighted by molar-refractivity contribution is 9.10. The van der Waals surface area contributed by atoms with Crippen LogP contribution in [0.15, 0.2) is 16.6 Å². The van der Waals surface area contributed by atoms with Gasteiger partial charge in [0.05, 0.1) is 17.2 Å². The Hall–Kier alpha value is -1.27. The van der Waals surface area contributed by atoms with Gasteiger partial charge in [0.25, 0.3) is 0 Å². The molecule has 1 aromatic carbocycles. The number of rotatable bonds is 7. The standard InChI is InChI=1S/C16H14BrF5NO5PS/c17-11-8-3-7(14(23)24)5-10(28-2-1-6-4-9(6)15(18,19)20)12(8)30-13(11)16(21,22)29(25,26)27/h3,5-6,9H,1-2,4H2,(H2,23,24)(H2,25,26,27)/t6-,9-/m1/s1. The molecule has 0 saturated heterocycles. The molecule has 2 aromatic rings. The molecule has 1 heterocycles. The Morgan fingerprint density at radius 3 is 2.43 bits per heavy atom. The third kappa shape index (κ3) is 4.36. The van der Waals surface area contributed by atoms with Crippen LogP contribution in [0.3, 0.4) is 0 Å². The van der Waals surface area contributed by atoms with Gasteiger partial charge in [0.1, 0.15) is 10.6 Å². The van der Waals surface area contributed by atoms with Crippen molar-refractivity contribution in [3.05, 3.63) is 27.0 Å². The third-order valence-electron chi connectivity index (χ3n) is 4.71. The monoisotopic (exact) mass is 537 g/mol. The first-order valence-corrected chi connectivity index (χ1v) is 11.6. The lowest BCUT2D eigenvalue weighted by Crippen LogP contribution is -2.13. The number of primary amides is 1. The number of ether oxygens (including phenoxy) is 1. The van der Waals surface area contributed by atoms with Crippen LogP contribution in [0, 0.1) is 11.8 Å². The van der Waals surface area contributed by atoms with Crippen molar-refractivity contribution >= 4 is 50.9 Å². The maximum Gasteiger partial charge on any atom is 0.400 e. The largest absolute Gasteiger partial charge is 0.492 e. The zero-order valence-electron chi connectivity index (χ0n) is 14.8. The maximum absolute atomic E-state index is 14.3. The molecule has 0 unspecified atom stereocenters. The van der Waals surface area contributed by atoms with Gasteiger partial charge in [-0.05, 0) is 46.8 Å². The SMILES string of the molecule is NC(=O)c1cc(OCC[C@@H]2C[C@H]2C(F)(F)F)c2sc(C(F)(F)P(=O)(O)O)c(Br)c2c1. The van der Waals surface area contributed by atoms with Crippen LogP contribution < -0.4 is 10.5 Å². The van der Waals surface area contributed by atoms with Crippen LogP contribution in [0.1, 0.15) is 28.1 Å². The Kier molecular flexibility index (Phi) is 6.00. The molecule has 1 aromatic heterocycles. The quantitative estimate of drug-likeness (QED) is 0.341. The Labute approximate surface area is 178 Å². The Balaban J connectivity index is 1.94. The zero-order valence-corrected chi connectivity index (χ0v) is 18.0. The second-order valence-corrected chi connectivity index (χ2v) is 10.3. The van der Waals surface area contributed by atoms with Gasteiger partial charge in [-0.25, -0.2) is 0 Å². The van der Waals surface area contributed by atoms with E-state index in [1.807, 2.05) is 0 Å². The summed E-state index contributed by atoms with van der Waals surface area (Å²) in [5, 5.41) is 0.00835. The molecule has 0 aliphatic heterocycles. The second kappa shape index (κ2) is 7.70. The van der Waals surface area contributed by atoms with Crippen molar-refractivity contribution in [3.63, 3.8) is 0 Å². The summed E-state index contributed by atoms with van der Waals surface area (Å²) < 4.78 is 82.8. The lowest BCUT2D eigenvalue weighted by atomic mass is 10.1. The van der Waals surface area contributed by atoms with Crippen molar-refractivity contribution in [1.29, 1.82) is 0 Å². The van der Waals surface area contributed by atoms with Gasteiger partial charge < -0.3 is 20.3 Å². The van der Waals surface area contributed by atoms with E-state index in [9.17, 15) is 31.3 Å². The molecule has 3 rings (SSSR count). The van der Waals surface area contributed by atoms with Crippen molar-refractivity contribution in [2.75, 3.05) is 6.61 Å². The summed E-state index contributed by atoms with van der Waals surface area (Å²) in [6, 6.07) is 2.31. The Morgan fingerprint density at radius 2 is 1.93 bits per heavy atom. The number of amides is 1. The average Bonchev–Trinajstić information content (AvgIpc) is 3.30. The normalized spacial score (nSPS) is 19.9. The Morgan fingerprint density at radius 1 is 1.30 bits per heavy atom. The number of hydrogen-bond acceptors (Lipinski definition) is 4. The predicted molar refractivity (Wildman–Crippen MR) is 102 cm³/mol. The van der Waals surface area contributed by atoms with E-state index in [2.05, 4.69) is 15.9 Å². The van der Waals surface area contributed by atoms with E-state index in [0.717, 1.165) is 12.1 Å². The summed E-state index contributed by atoms with van der Waals surface area (Å²) in [6.07, 6.45) is -4.25. The maximum atomic E-state index is 14.3. The van der Waals surface area contributed by atoms with Gasteiger partial charge in [0.15, 0.2) is 0 Å². The number of alkyl halides is 5. The van der Waals surface area contributed by atoms with Gasteiger partial charge in [0, 0.05) is 15.4 Å². The van der Waals surface area contributed by atoms with E-state index < -0.39 is 42.1 Å². The molecule has 1 fully saturated rings. The Bertz CT molecular complexity index is 1050. The van der Waals surface area contributed by atoms with Crippen LogP contribution in [0.25, 0.3) is 10.1 Å². The molecule has 0 bridgehead atoms. The number of halogens is 6. The summed E-state index contributed by atoms with van der Waals surface area (Å²) in [5.41, 5.74) is 0.605. The predicted octanol–water partition coefficient (Wildman–Crippen LogP) is 4.96. The van der Waals surface area contributed by atoms with Gasteiger partial charge in [0.2, 0.25) is 5.91 Å². The van der Waals surface area contributed by atoms with E-state index in [1.165, 1.54) is 0 Å². The van der Waals surface area contributed by atoms with Gasteiger partial charge in [-0.2, -0.15) is 22.0 Å². The molecular weight excluding hydrogens is 524 g/mol. The van der Waals surface area contributed by atoms with Crippen LogP contribution >= 0.6 is 34.9 Å². The molecule has 0 radical (unpaired) electrons. The van der Waals surface area contributed by atoms with Crippen molar-refractivity contribution in [3.8, 4) is 5.75 Å². The topological polar surface area (TPSA) is 110 Å². The number of nitrogens with two attached hydrogens (primary N) is 1. The van der Waals surface area contributed by atoms with E-state index in [1.54, 1.807) is 0 Å². The lowest BCUT2D eigenvalue weighted by Gasteiger charge is -2.16. The molecule has 4 N–H and O–H groups in total. The van der Waals surface area contributed by atoms with Crippen LogP contribution in [0.4, 0.5) is 22.0 Å². The molecule has 6 nitrogen and oxygen atoms in total. The van der Waals surface area contributed by atoms with E-state index >= 15 is 0 Å². The lowest BCUT2D eigenvalue weighted by molar-refractivity contribution is -0.151. The van der Waals surface area contributed by atoms with Crippen molar-refractivity contribution in [2.45, 2.75) is 24.7 Å². The first-order valence-electron chi connectivity index (χ1n) is 8.34. The third-order valence-corrected chi connectivity index (χ3v) is 8.19. The van der Waals surface area contributed by atoms with Crippen molar-refractivity contribution in [2.24, 2.45) is 17.6 Å². The summed E-state index contributed by atoms with van der Waals surface area (Å²) in [7, 11) is -5.86. The number of carbonyl (C=O) groups is 1. The molecule has 1 saturated carbocycles. The molecule has 30 heavy (non-hydrogen) atoms. The molecule has 1 aliphatic carbocycles. The number of carbonyl (C=O) groups excluding carboxylic acids is 1. The molecular formula is C16H14BrF5NO5PS. The van der Waals surface area contributed by atoms with Crippen LogP contribution in [-0.2, 0) is 10.2 Å². The summed E-state index contributed by atoms with van der Waals surface area (Å²) in [5.74, 6) is -3.02. The van der Waals surface area contributed by atoms with Crippen LogP contribution in [-0.4, -0.2) is 28.5 Å². The van der Waals surface area contributed by atoms with Crippen molar-refractivity contribution in [1.82, 2.24) is 0 Å². The van der Waals surface area contributed by atoms with E-state index in [4.69, 9.17) is 20.3 Å². The van der Waals surface area contributed by atoms with Crippen LogP contribution in [0.5, 0.6) is 5.75 Å². The molecule has 14 heteroatoms. The first kappa shape index (κ1) is 23.4. The molecule has 2 atom stereocenters.